The smallest absolute Gasteiger partial charge is 0.236 e. The van der Waals surface area contributed by atoms with E-state index in [1.807, 2.05) is 9.47 Å². The van der Waals surface area contributed by atoms with E-state index in [1.54, 1.807) is 23.5 Å². The van der Waals surface area contributed by atoms with E-state index in [1.165, 1.54) is 0 Å². The van der Waals surface area contributed by atoms with Crippen LogP contribution in [-0.4, -0.2) is 35.4 Å². The van der Waals surface area contributed by atoms with Crippen LogP contribution in [0.5, 0.6) is 0 Å². The van der Waals surface area contributed by atoms with Crippen molar-refractivity contribution >= 4 is 58.2 Å². The molecule has 0 atom stereocenters. The molecule has 8 heteroatoms. The van der Waals surface area contributed by atoms with Crippen LogP contribution < -0.4 is 4.90 Å². The van der Waals surface area contributed by atoms with Gasteiger partial charge in [0.25, 0.3) is 0 Å². The Morgan fingerprint density at radius 2 is 1.58 bits per heavy atom. The van der Waals surface area contributed by atoms with Gasteiger partial charge in [-0.25, -0.2) is 0 Å². The first-order valence-electron chi connectivity index (χ1n) is 8.21. The van der Waals surface area contributed by atoms with Crippen LogP contribution in [0, 0.1) is 4.77 Å². The Morgan fingerprint density at radius 1 is 1.00 bits per heavy atom. The number of anilines is 1. The van der Waals surface area contributed by atoms with Crippen molar-refractivity contribution in [3.05, 3.63) is 4.77 Å². The van der Waals surface area contributed by atoms with Crippen molar-refractivity contribution in [1.29, 1.82) is 0 Å². The molecule has 0 aliphatic heterocycles. The quantitative estimate of drug-likeness (QED) is 0.442. The maximum Gasteiger partial charge on any atom is 0.236 e. The van der Waals surface area contributed by atoms with E-state index in [9.17, 15) is 0 Å². The lowest BCUT2D eigenvalue weighted by atomic mass is 10.3. The fourth-order valence-electron chi connectivity index (χ4n) is 2.01. The van der Waals surface area contributed by atoms with Crippen molar-refractivity contribution in [3.63, 3.8) is 0 Å². The van der Waals surface area contributed by atoms with Gasteiger partial charge in [0.15, 0.2) is 5.16 Å². The van der Waals surface area contributed by atoms with Crippen LogP contribution >= 0.6 is 48.0 Å². The molecule has 0 saturated carbocycles. The SMILES string of the molecule is CC(C)SC(=S)N(c1nc(SC(C)C)n(C(C)C)c(=S)n1)C(C)C. The van der Waals surface area contributed by atoms with Crippen LogP contribution in [0.2, 0.25) is 0 Å². The average Bonchev–Trinajstić information content (AvgIpc) is 2.34. The first-order chi connectivity index (χ1) is 11.0. The van der Waals surface area contributed by atoms with Crippen molar-refractivity contribution in [3.8, 4) is 0 Å². The average molecular weight is 405 g/mol. The standard InChI is InChI=1S/C16H28N4S4/c1-9(2)19(16(22)24-12(7)8)13-17-14(21)20(10(3)4)15(18-13)23-11(5)6/h9-12H,1-8H3. The van der Waals surface area contributed by atoms with E-state index in [-0.39, 0.29) is 12.1 Å². The molecule has 0 aromatic carbocycles. The van der Waals surface area contributed by atoms with Gasteiger partial charge in [-0.05, 0) is 39.9 Å². The van der Waals surface area contributed by atoms with Gasteiger partial charge in [-0.1, -0.05) is 63.4 Å². The summed E-state index contributed by atoms with van der Waals surface area (Å²) in [6.07, 6.45) is 0. The van der Waals surface area contributed by atoms with Gasteiger partial charge < -0.3 is 0 Å². The molecule has 0 aliphatic rings. The summed E-state index contributed by atoms with van der Waals surface area (Å²) < 4.78 is 3.36. The maximum atomic E-state index is 5.63. The van der Waals surface area contributed by atoms with Crippen LogP contribution in [0.1, 0.15) is 61.4 Å². The molecule has 1 heterocycles. The van der Waals surface area contributed by atoms with Crippen molar-refractivity contribution < 1.29 is 0 Å². The molecule has 0 bridgehead atoms. The molecule has 0 spiro atoms. The summed E-state index contributed by atoms with van der Waals surface area (Å²) in [7, 11) is 0. The Bertz CT molecular complexity index is 623. The molecular weight excluding hydrogens is 376 g/mol. The monoisotopic (exact) mass is 404 g/mol. The normalized spacial score (nSPS) is 11.8. The summed E-state index contributed by atoms with van der Waals surface area (Å²) in [5.74, 6) is 0.605. The molecular formula is C16H28N4S4. The Morgan fingerprint density at radius 3 is 2.00 bits per heavy atom. The zero-order chi connectivity index (χ0) is 18.6. The zero-order valence-corrected chi connectivity index (χ0v) is 19.0. The highest BCUT2D eigenvalue weighted by molar-refractivity contribution is 8.23. The van der Waals surface area contributed by atoms with Gasteiger partial charge >= 0.3 is 0 Å². The Hall–Kier alpha value is -0.180. The van der Waals surface area contributed by atoms with Crippen LogP contribution in [0.25, 0.3) is 0 Å². The second-order valence-electron chi connectivity index (χ2n) is 6.62. The van der Waals surface area contributed by atoms with Crippen molar-refractivity contribution in [1.82, 2.24) is 14.5 Å². The van der Waals surface area contributed by atoms with Crippen LogP contribution in [0.15, 0.2) is 5.16 Å². The van der Waals surface area contributed by atoms with Gasteiger partial charge in [-0.3, -0.25) is 9.47 Å². The maximum absolute atomic E-state index is 5.63. The third-order valence-electron chi connectivity index (χ3n) is 2.93. The summed E-state index contributed by atoms with van der Waals surface area (Å²) in [5, 5.41) is 1.73. The molecule has 0 saturated heterocycles. The summed E-state index contributed by atoms with van der Waals surface area (Å²) in [5.41, 5.74) is 0. The molecule has 0 N–H and O–H groups in total. The van der Waals surface area contributed by atoms with Gasteiger partial charge in [0, 0.05) is 22.6 Å². The van der Waals surface area contributed by atoms with Gasteiger partial charge in [0.05, 0.1) is 0 Å². The van der Waals surface area contributed by atoms with Crippen molar-refractivity contribution in [2.24, 2.45) is 0 Å². The number of hydrogen-bond acceptors (Lipinski definition) is 6. The molecule has 1 rings (SSSR count). The van der Waals surface area contributed by atoms with E-state index < -0.39 is 0 Å². The van der Waals surface area contributed by atoms with E-state index in [0.29, 0.717) is 21.2 Å². The lowest BCUT2D eigenvalue weighted by Gasteiger charge is -2.28. The number of thiocarbonyl (C=S) groups is 1. The van der Waals surface area contributed by atoms with Crippen LogP contribution in [-0.2, 0) is 0 Å². The summed E-state index contributed by atoms with van der Waals surface area (Å²) in [6, 6.07) is 0.391. The zero-order valence-electron chi connectivity index (χ0n) is 15.7. The Balaban J connectivity index is 3.42. The second-order valence-corrected chi connectivity index (χ2v) is 10.7. The number of aromatic nitrogens is 3. The van der Waals surface area contributed by atoms with E-state index in [0.717, 1.165) is 9.48 Å². The van der Waals surface area contributed by atoms with Crippen molar-refractivity contribution in [2.75, 3.05) is 4.90 Å². The largest absolute Gasteiger partial charge is 0.293 e. The molecule has 24 heavy (non-hydrogen) atoms. The van der Waals surface area contributed by atoms with E-state index >= 15 is 0 Å². The predicted molar refractivity (Wildman–Crippen MR) is 115 cm³/mol. The van der Waals surface area contributed by atoms with E-state index in [2.05, 4.69) is 60.4 Å². The number of rotatable bonds is 6. The fraction of sp³-hybridized carbons (Fsp3) is 0.750. The van der Waals surface area contributed by atoms with Gasteiger partial charge in [0.1, 0.15) is 4.32 Å². The summed E-state index contributed by atoms with van der Waals surface area (Å²) in [6.45, 7) is 17.0. The highest BCUT2D eigenvalue weighted by atomic mass is 32.2. The Labute approximate surface area is 165 Å². The molecule has 0 fully saturated rings. The molecule has 136 valence electrons. The number of hydrogen-bond donors (Lipinski definition) is 0. The minimum Gasteiger partial charge on any atom is -0.293 e. The van der Waals surface area contributed by atoms with Crippen LogP contribution in [0.3, 0.4) is 0 Å². The summed E-state index contributed by atoms with van der Waals surface area (Å²) in [4.78, 5) is 11.4. The number of nitrogens with zero attached hydrogens (tertiary/aromatic N) is 4. The number of thioether (sulfide) groups is 2. The third kappa shape index (κ3) is 5.97. The van der Waals surface area contributed by atoms with Gasteiger partial charge in [-0.15, -0.1) is 0 Å². The van der Waals surface area contributed by atoms with Gasteiger partial charge in [-0.2, -0.15) is 9.97 Å². The fourth-order valence-corrected chi connectivity index (χ4v) is 5.09. The Kier molecular flexibility index (Phi) is 8.65. The summed E-state index contributed by atoms with van der Waals surface area (Å²) >= 11 is 14.5. The lowest BCUT2D eigenvalue weighted by Crippen LogP contribution is -2.36. The molecule has 1 aromatic rings. The van der Waals surface area contributed by atoms with E-state index in [4.69, 9.17) is 29.4 Å². The highest BCUT2D eigenvalue weighted by Crippen LogP contribution is 2.28. The molecule has 0 radical (unpaired) electrons. The minimum absolute atomic E-state index is 0.171. The highest BCUT2D eigenvalue weighted by Gasteiger charge is 2.23. The molecule has 1 aromatic heterocycles. The topological polar surface area (TPSA) is 34.0 Å². The molecule has 4 nitrogen and oxygen atoms in total. The van der Waals surface area contributed by atoms with Crippen molar-refractivity contribution in [2.45, 2.75) is 83.1 Å². The second kappa shape index (κ2) is 9.50. The predicted octanol–water partition coefficient (Wildman–Crippen LogP) is 5.73. The minimum atomic E-state index is 0.171. The van der Waals surface area contributed by atoms with Gasteiger partial charge in [0.2, 0.25) is 10.7 Å². The molecule has 0 unspecified atom stereocenters. The first kappa shape index (κ1) is 21.9. The molecule has 0 aliphatic carbocycles. The first-order valence-corrected chi connectivity index (χ1v) is 10.8. The lowest BCUT2D eigenvalue weighted by molar-refractivity contribution is 0.506. The van der Waals surface area contributed by atoms with Crippen LogP contribution in [0.4, 0.5) is 5.95 Å². The molecule has 0 amide bonds. The third-order valence-corrected chi connectivity index (χ3v) is 5.54.